The van der Waals surface area contributed by atoms with Crippen molar-refractivity contribution in [3.8, 4) is 0 Å². The highest BCUT2D eigenvalue weighted by molar-refractivity contribution is 7.16. The molecular weight excluding hydrogens is 544 g/mol. The molecule has 0 saturated heterocycles. The first-order chi connectivity index (χ1) is 19.1. The highest BCUT2D eigenvalue weighted by Crippen LogP contribution is 2.39. The number of fused-ring (bicyclic) bond motifs is 1. The standard InChI is InChI=1S/C17H21ClN4S.C10H13NO2.C2H6.CH5N/c1-9-10(2)23-17-15(9)16(12-4-6-13(18)7-5-12)21-8-14(20)22(17)11(3)19;1-8(13)11-6-9-2-4-10(7-12)5-3-9;2*1-2/h4-7,11,14H,8,19-20H2,1-3H3;2-5,12H,6-7H2,1H3,(H,11,13);1-2H3;2H2,1H3. The molecule has 1 aliphatic heterocycles. The zero-order valence-electron chi connectivity index (χ0n) is 24.7. The fourth-order valence-electron chi connectivity index (χ4n) is 3.89. The summed E-state index contributed by atoms with van der Waals surface area (Å²) < 4.78 is 0. The van der Waals surface area contributed by atoms with E-state index in [1.807, 2.05) is 69.3 Å². The summed E-state index contributed by atoms with van der Waals surface area (Å²) in [6.07, 6.45) is -0.392. The number of anilines is 1. The average molecular weight is 589 g/mol. The van der Waals surface area contributed by atoms with Gasteiger partial charge in [0.25, 0.3) is 0 Å². The van der Waals surface area contributed by atoms with Crippen LogP contribution in [-0.2, 0) is 17.9 Å². The number of aliphatic hydroxyl groups is 1. The second kappa shape index (κ2) is 17.8. The number of thiophene rings is 1. The van der Waals surface area contributed by atoms with Gasteiger partial charge in [0.1, 0.15) is 5.00 Å². The Morgan fingerprint density at radius 3 is 2.17 bits per heavy atom. The van der Waals surface area contributed by atoms with E-state index in [9.17, 15) is 4.79 Å². The quantitative estimate of drug-likeness (QED) is 0.293. The van der Waals surface area contributed by atoms with Crippen LogP contribution >= 0.6 is 22.9 Å². The minimum atomic E-state index is -0.226. The Labute approximate surface area is 248 Å². The molecule has 0 spiro atoms. The monoisotopic (exact) mass is 588 g/mol. The van der Waals surface area contributed by atoms with Gasteiger partial charge >= 0.3 is 0 Å². The summed E-state index contributed by atoms with van der Waals surface area (Å²) in [6, 6.07) is 15.3. The van der Waals surface area contributed by atoms with Crippen LogP contribution in [0.25, 0.3) is 0 Å². The predicted octanol–water partition coefficient (Wildman–Crippen LogP) is 4.68. The Bertz CT molecular complexity index is 1210. The zero-order valence-corrected chi connectivity index (χ0v) is 26.2. The minimum Gasteiger partial charge on any atom is -0.392 e. The van der Waals surface area contributed by atoms with E-state index in [1.54, 1.807) is 11.3 Å². The van der Waals surface area contributed by atoms with Gasteiger partial charge in [-0.15, -0.1) is 11.3 Å². The highest BCUT2D eigenvalue weighted by atomic mass is 35.5. The Balaban J connectivity index is 0.000000401. The summed E-state index contributed by atoms with van der Waals surface area (Å²) in [7, 11) is 1.50. The van der Waals surface area contributed by atoms with Gasteiger partial charge in [0.2, 0.25) is 5.91 Å². The molecule has 10 heteroatoms. The van der Waals surface area contributed by atoms with Gasteiger partial charge in [-0.05, 0) is 56.6 Å². The number of halogens is 1. The highest BCUT2D eigenvalue weighted by Gasteiger charge is 2.30. The van der Waals surface area contributed by atoms with Gasteiger partial charge in [0, 0.05) is 34.5 Å². The van der Waals surface area contributed by atoms with Gasteiger partial charge in [-0.1, -0.05) is 61.8 Å². The van der Waals surface area contributed by atoms with Crippen LogP contribution in [0.15, 0.2) is 53.5 Å². The number of hydrogen-bond donors (Lipinski definition) is 5. The van der Waals surface area contributed by atoms with Gasteiger partial charge in [0.15, 0.2) is 0 Å². The maximum atomic E-state index is 10.6. The molecule has 0 radical (unpaired) electrons. The number of carbonyl (C=O) groups is 1. The van der Waals surface area contributed by atoms with Crippen molar-refractivity contribution in [1.82, 2.24) is 5.32 Å². The van der Waals surface area contributed by atoms with E-state index in [1.165, 1.54) is 24.4 Å². The first-order valence-electron chi connectivity index (χ1n) is 13.3. The van der Waals surface area contributed by atoms with Crippen molar-refractivity contribution in [3.63, 3.8) is 0 Å². The summed E-state index contributed by atoms with van der Waals surface area (Å²) in [5, 5.41) is 13.3. The van der Waals surface area contributed by atoms with Gasteiger partial charge < -0.3 is 32.5 Å². The molecule has 0 bridgehead atoms. The number of nitrogens with zero attached hydrogens (tertiary/aromatic N) is 2. The molecule has 8 N–H and O–H groups in total. The van der Waals surface area contributed by atoms with Crippen LogP contribution < -0.4 is 27.4 Å². The Morgan fingerprint density at radius 1 is 1.12 bits per heavy atom. The Hall–Kier alpha value is -2.79. The van der Waals surface area contributed by atoms with Crippen LogP contribution in [0.3, 0.4) is 0 Å². The lowest BCUT2D eigenvalue weighted by Crippen LogP contribution is -2.52. The Morgan fingerprint density at radius 2 is 1.68 bits per heavy atom. The number of benzene rings is 2. The fourth-order valence-corrected chi connectivity index (χ4v) is 5.32. The maximum absolute atomic E-state index is 10.6. The Kier molecular flexibility index (Phi) is 15.7. The van der Waals surface area contributed by atoms with E-state index < -0.39 is 0 Å². The lowest BCUT2D eigenvalue weighted by Gasteiger charge is -2.31. The topological polar surface area (TPSA) is 143 Å². The largest absolute Gasteiger partial charge is 0.392 e. The van der Waals surface area contributed by atoms with Crippen molar-refractivity contribution in [2.75, 3.05) is 18.5 Å². The molecule has 0 aliphatic carbocycles. The molecule has 220 valence electrons. The normalized spacial score (nSPS) is 14.4. The van der Waals surface area contributed by atoms with Crippen molar-refractivity contribution in [2.24, 2.45) is 22.2 Å². The SMILES string of the molecule is CC.CC(=O)NCc1ccc(CO)cc1.CN.Cc1sc2c(c1C)C(c1ccc(Cl)cc1)=NCC(N)N2C(C)N. The van der Waals surface area contributed by atoms with E-state index in [2.05, 4.69) is 29.8 Å². The summed E-state index contributed by atoms with van der Waals surface area (Å²) in [6.45, 7) is 12.8. The average Bonchev–Trinajstić information content (AvgIpc) is 3.15. The van der Waals surface area contributed by atoms with E-state index >= 15 is 0 Å². The molecule has 1 amide bonds. The molecule has 2 heterocycles. The first kappa shape index (κ1) is 35.2. The first-order valence-corrected chi connectivity index (χ1v) is 14.5. The van der Waals surface area contributed by atoms with Crippen molar-refractivity contribution in [1.29, 1.82) is 0 Å². The van der Waals surface area contributed by atoms with Gasteiger partial charge in [-0.3, -0.25) is 9.79 Å². The van der Waals surface area contributed by atoms with E-state index in [-0.39, 0.29) is 24.8 Å². The fraction of sp³-hybridized carbons (Fsp3) is 0.400. The molecule has 4 rings (SSSR count). The molecule has 0 fully saturated rings. The van der Waals surface area contributed by atoms with Gasteiger partial charge in [0.05, 0.1) is 31.2 Å². The lowest BCUT2D eigenvalue weighted by molar-refractivity contribution is -0.119. The van der Waals surface area contributed by atoms with Crippen LogP contribution in [0.4, 0.5) is 5.00 Å². The van der Waals surface area contributed by atoms with Crippen molar-refractivity contribution in [3.05, 3.63) is 86.2 Å². The number of aliphatic imine (C=N–C) groups is 1. The maximum Gasteiger partial charge on any atom is 0.217 e. The van der Waals surface area contributed by atoms with Crippen LogP contribution in [0.5, 0.6) is 0 Å². The molecule has 2 aromatic carbocycles. The smallest absolute Gasteiger partial charge is 0.217 e. The van der Waals surface area contributed by atoms with Crippen molar-refractivity contribution >= 4 is 39.6 Å². The second-order valence-electron chi connectivity index (χ2n) is 8.76. The number of nitrogens with one attached hydrogen (secondary N) is 1. The number of aliphatic hydroxyl groups excluding tert-OH is 1. The van der Waals surface area contributed by atoms with Gasteiger partial charge in [-0.2, -0.15) is 0 Å². The number of nitrogens with two attached hydrogens (primary N) is 3. The molecule has 40 heavy (non-hydrogen) atoms. The predicted molar refractivity (Wildman–Crippen MR) is 171 cm³/mol. The number of hydrogen-bond acceptors (Lipinski definition) is 8. The zero-order chi connectivity index (χ0) is 30.4. The van der Waals surface area contributed by atoms with E-state index in [0.717, 1.165) is 38.0 Å². The van der Waals surface area contributed by atoms with Crippen molar-refractivity contribution in [2.45, 2.75) is 67.0 Å². The molecule has 0 saturated carbocycles. The van der Waals surface area contributed by atoms with Crippen molar-refractivity contribution < 1.29 is 9.90 Å². The third kappa shape index (κ3) is 9.69. The molecule has 1 aromatic heterocycles. The van der Waals surface area contributed by atoms with Gasteiger partial charge in [-0.25, -0.2) is 0 Å². The number of carbonyl (C=O) groups excluding carboxylic acids is 1. The third-order valence-electron chi connectivity index (χ3n) is 5.94. The lowest BCUT2D eigenvalue weighted by atomic mass is 10.00. The molecule has 2 atom stereocenters. The number of rotatable bonds is 5. The molecule has 1 aliphatic rings. The summed E-state index contributed by atoms with van der Waals surface area (Å²) in [5.41, 5.74) is 23.3. The van der Waals surface area contributed by atoms with Crippen LogP contribution in [0, 0.1) is 13.8 Å². The van der Waals surface area contributed by atoms with E-state index in [0.29, 0.717) is 13.1 Å². The molecule has 2 unspecified atom stereocenters. The third-order valence-corrected chi connectivity index (χ3v) is 7.41. The molecule has 3 aromatic rings. The number of amides is 1. The van der Waals surface area contributed by atoms with E-state index in [4.69, 9.17) is 33.2 Å². The summed E-state index contributed by atoms with van der Waals surface area (Å²) in [4.78, 5) is 18.7. The van der Waals surface area contributed by atoms with Crippen LogP contribution in [0.1, 0.15) is 60.4 Å². The van der Waals surface area contributed by atoms with Crippen LogP contribution in [-0.4, -0.2) is 42.6 Å². The summed E-state index contributed by atoms with van der Waals surface area (Å²) in [5.74, 6) is -0.0359. The van der Waals surface area contributed by atoms with Crippen LogP contribution in [0.2, 0.25) is 5.02 Å². The number of aryl methyl sites for hydroxylation is 1. The molecule has 8 nitrogen and oxygen atoms in total. The molecular formula is C30H45ClN6O2S. The second-order valence-corrected chi connectivity index (χ2v) is 10.4. The summed E-state index contributed by atoms with van der Waals surface area (Å²) >= 11 is 7.75. The minimum absolute atomic E-state index is 0.0359.